The summed E-state index contributed by atoms with van der Waals surface area (Å²) in [6, 6.07) is 0. The lowest BCUT2D eigenvalue weighted by Crippen LogP contribution is -2.11. The van der Waals surface area contributed by atoms with Crippen LogP contribution in [0, 0.1) is 13.8 Å². The van der Waals surface area contributed by atoms with E-state index < -0.39 is 0 Å². The SMILES string of the molecule is Cc1nc(C)c2nnn(N)c2n1. The van der Waals surface area contributed by atoms with Gasteiger partial charge in [0.1, 0.15) is 5.82 Å². The molecule has 0 saturated heterocycles. The van der Waals surface area contributed by atoms with Crippen molar-refractivity contribution in [3.05, 3.63) is 11.5 Å². The van der Waals surface area contributed by atoms with E-state index in [9.17, 15) is 0 Å². The Balaban J connectivity index is 2.92. The lowest BCUT2D eigenvalue weighted by molar-refractivity contribution is 0.778. The summed E-state index contributed by atoms with van der Waals surface area (Å²) in [6.07, 6.45) is 0. The molecule has 2 rings (SSSR count). The zero-order valence-corrected chi connectivity index (χ0v) is 6.81. The molecule has 0 unspecified atom stereocenters. The smallest absolute Gasteiger partial charge is 0.204 e. The first-order valence-corrected chi connectivity index (χ1v) is 3.50. The number of hydrogen-bond donors (Lipinski definition) is 1. The van der Waals surface area contributed by atoms with Gasteiger partial charge in [0.2, 0.25) is 5.65 Å². The molecule has 2 aromatic rings. The molecule has 6 nitrogen and oxygen atoms in total. The van der Waals surface area contributed by atoms with E-state index in [1.54, 1.807) is 6.92 Å². The van der Waals surface area contributed by atoms with Crippen molar-refractivity contribution in [2.75, 3.05) is 5.84 Å². The van der Waals surface area contributed by atoms with Crippen molar-refractivity contribution < 1.29 is 0 Å². The van der Waals surface area contributed by atoms with Gasteiger partial charge in [-0.3, -0.25) is 0 Å². The minimum absolute atomic E-state index is 0.569. The van der Waals surface area contributed by atoms with E-state index in [1.807, 2.05) is 6.92 Å². The van der Waals surface area contributed by atoms with Crippen molar-refractivity contribution >= 4 is 11.2 Å². The molecule has 2 N–H and O–H groups in total. The molecule has 2 heterocycles. The molecule has 0 atom stereocenters. The van der Waals surface area contributed by atoms with Crippen molar-refractivity contribution in [3.63, 3.8) is 0 Å². The predicted molar refractivity (Wildman–Crippen MR) is 42.7 cm³/mol. The van der Waals surface area contributed by atoms with Crippen molar-refractivity contribution in [3.8, 4) is 0 Å². The summed E-state index contributed by atoms with van der Waals surface area (Å²) >= 11 is 0. The van der Waals surface area contributed by atoms with Crippen molar-refractivity contribution in [1.29, 1.82) is 0 Å². The summed E-state index contributed by atoms with van der Waals surface area (Å²) < 4.78 is 0. The third kappa shape index (κ3) is 0.810. The second-order valence-electron chi connectivity index (χ2n) is 2.56. The van der Waals surface area contributed by atoms with Crippen molar-refractivity contribution in [2.45, 2.75) is 13.8 Å². The van der Waals surface area contributed by atoms with E-state index in [2.05, 4.69) is 20.3 Å². The summed E-state index contributed by atoms with van der Waals surface area (Å²) in [5.74, 6) is 6.14. The Bertz CT molecular complexity index is 431. The summed E-state index contributed by atoms with van der Waals surface area (Å²) in [5, 5.41) is 7.46. The zero-order chi connectivity index (χ0) is 8.72. The Kier molecular flexibility index (Phi) is 1.24. The van der Waals surface area contributed by atoms with E-state index in [0.717, 1.165) is 10.5 Å². The number of fused-ring (bicyclic) bond motifs is 1. The lowest BCUT2D eigenvalue weighted by atomic mass is 10.4. The molecule has 0 aromatic carbocycles. The first kappa shape index (κ1) is 6.96. The second-order valence-corrected chi connectivity index (χ2v) is 2.56. The zero-order valence-electron chi connectivity index (χ0n) is 6.81. The van der Waals surface area contributed by atoms with Gasteiger partial charge in [-0.2, -0.15) is 0 Å². The first-order valence-electron chi connectivity index (χ1n) is 3.50. The van der Waals surface area contributed by atoms with Gasteiger partial charge in [0.15, 0.2) is 5.52 Å². The third-order valence-corrected chi connectivity index (χ3v) is 1.61. The van der Waals surface area contributed by atoms with Gasteiger partial charge in [-0.05, 0) is 19.1 Å². The Morgan fingerprint density at radius 3 is 2.75 bits per heavy atom. The topological polar surface area (TPSA) is 82.5 Å². The average molecular weight is 164 g/mol. The number of nitrogen functional groups attached to an aromatic ring is 1. The fraction of sp³-hybridized carbons (Fsp3) is 0.333. The molecule has 0 fully saturated rings. The highest BCUT2D eigenvalue weighted by Gasteiger charge is 2.07. The molecule has 0 aliphatic heterocycles. The molecule has 12 heavy (non-hydrogen) atoms. The maximum absolute atomic E-state index is 5.47. The van der Waals surface area contributed by atoms with Gasteiger partial charge in [0, 0.05) is 0 Å². The van der Waals surface area contributed by atoms with Crippen molar-refractivity contribution in [2.24, 2.45) is 0 Å². The van der Waals surface area contributed by atoms with Crippen LogP contribution in [0.1, 0.15) is 11.5 Å². The Labute approximate surface area is 68.4 Å². The summed E-state index contributed by atoms with van der Waals surface area (Å²) in [7, 11) is 0. The van der Waals surface area contributed by atoms with Gasteiger partial charge in [-0.1, -0.05) is 0 Å². The van der Waals surface area contributed by atoms with Gasteiger partial charge in [-0.25, -0.2) is 9.97 Å². The molecule has 6 heteroatoms. The van der Waals surface area contributed by atoms with Gasteiger partial charge in [-0.15, -0.1) is 9.89 Å². The van der Waals surface area contributed by atoms with Crippen LogP contribution in [0.4, 0.5) is 0 Å². The Hall–Kier alpha value is -1.72. The predicted octanol–water partition coefficient (Wildman–Crippen LogP) is -0.448. The molecular formula is C6H8N6. The third-order valence-electron chi connectivity index (χ3n) is 1.61. The van der Waals surface area contributed by atoms with Crippen LogP contribution in [0.2, 0.25) is 0 Å². The fourth-order valence-electron chi connectivity index (χ4n) is 1.10. The van der Waals surface area contributed by atoms with Crippen LogP contribution in [0.15, 0.2) is 0 Å². The van der Waals surface area contributed by atoms with Crippen LogP contribution in [0.5, 0.6) is 0 Å². The van der Waals surface area contributed by atoms with E-state index in [-0.39, 0.29) is 0 Å². The van der Waals surface area contributed by atoms with Crippen LogP contribution < -0.4 is 5.84 Å². The normalized spacial score (nSPS) is 10.8. The molecule has 0 spiro atoms. The number of nitrogens with zero attached hydrogens (tertiary/aromatic N) is 5. The monoisotopic (exact) mass is 164 g/mol. The van der Waals surface area contributed by atoms with Gasteiger partial charge >= 0.3 is 0 Å². The van der Waals surface area contributed by atoms with Crippen LogP contribution in [0.25, 0.3) is 11.2 Å². The minimum Gasteiger partial charge on any atom is -0.320 e. The van der Waals surface area contributed by atoms with E-state index in [1.165, 1.54) is 0 Å². The summed E-state index contributed by atoms with van der Waals surface area (Å²) in [5.41, 5.74) is 2.03. The highest BCUT2D eigenvalue weighted by Crippen LogP contribution is 2.08. The number of aryl methyl sites for hydroxylation is 2. The number of nitrogens with two attached hydrogens (primary N) is 1. The Morgan fingerprint density at radius 2 is 2.00 bits per heavy atom. The van der Waals surface area contributed by atoms with Crippen LogP contribution in [-0.4, -0.2) is 25.1 Å². The van der Waals surface area contributed by atoms with Gasteiger partial charge < -0.3 is 5.84 Å². The van der Waals surface area contributed by atoms with E-state index >= 15 is 0 Å². The van der Waals surface area contributed by atoms with E-state index in [0.29, 0.717) is 17.0 Å². The molecule has 0 aliphatic carbocycles. The lowest BCUT2D eigenvalue weighted by Gasteiger charge is -1.95. The van der Waals surface area contributed by atoms with E-state index in [4.69, 9.17) is 5.84 Å². The molecule has 0 aliphatic rings. The average Bonchev–Trinajstić information content (AvgIpc) is 2.33. The molecule has 2 aromatic heterocycles. The summed E-state index contributed by atoms with van der Waals surface area (Å²) in [4.78, 5) is 9.38. The fourth-order valence-corrected chi connectivity index (χ4v) is 1.10. The quantitative estimate of drug-likeness (QED) is 0.533. The van der Waals surface area contributed by atoms with Crippen molar-refractivity contribution in [1.82, 2.24) is 25.1 Å². The standard InChI is InChI=1S/C6H8N6/c1-3-5-6(9-4(2)8-3)12(7)11-10-5/h7H2,1-2H3. The van der Waals surface area contributed by atoms with Gasteiger partial charge in [0.25, 0.3) is 0 Å². The van der Waals surface area contributed by atoms with Crippen LogP contribution >= 0.6 is 0 Å². The second kappa shape index (κ2) is 2.13. The van der Waals surface area contributed by atoms with Gasteiger partial charge in [0.05, 0.1) is 5.69 Å². The highest BCUT2D eigenvalue weighted by molar-refractivity contribution is 5.71. The first-order chi connectivity index (χ1) is 5.68. The number of rotatable bonds is 0. The molecule has 0 saturated carbocycles. The maximum Gasteiger partial charge on any atom is 0.204 e. The maximum atomic E-state index is 5.47. The van der Waals surface area contributed by atoms with Crippen LogP contribution in [-0.2, 0) is 0 Å². The van der Waals surface area contributed by atoms with Crippen LogP contribution in [0.3, 0.4) is 0 Å². The number of aromatic nitrogens is 5. The minimum atomic E-state index is 0.569. The molecule has 62 valence electrons. The number of hydrogen-bond acceptors (Lipinski definition) is 5. The largest absolute Gasteiger partial charge is 0.320 e. The molecule has 0 bridgehead atoms. The summed E-state index contributed by atoms with van der Waals surface area (Å²) in [6.45, 7) is 3.66. The molecular weight excluding hydrogens is 156 g/mol. The molecule has 0 radical (unpaired) electrons. The Morgan fingerprint density at radius 1 is 1.25 bits per heavy atom. The molecule has 0 amide bonds. The highest BCUT2D eigenvalue weighted by atomic mass is 15.6.